The summed E-state index contributed by atoms with van der Waals surface area (Å²) in [4.78, 5) is 14.5. The highest BCUT2D eigenvalue weighted by Crippen LogP contribution is 2.33. The maximum atomic E-state index is 5.75. The number of fused-ring (bicyclic) bond motifs is 1. The molecule has 4 heterocycles. The molecule has 1 unspecified atom stereocenters. The molecule has 0 bridgehead atoms. The minimum Gasteiger partial charge on any atom is -0.379 e. The van der Waals surface area contributed by atoms with Gasteiger partial charge in [-0.2, -0.15) is 0 Å². The molecule has 1 atom stereocenters. The Hall–Kier alpha value is -1.28. The van der Waals surface area contributed by atoms with Crippen molar-refractivity contribution in [1.29, 1.82) is 0 Å². The van der Waals surface area contributed by atoms with E-state index in [1.807, 2.05) is 0 Å². The molecule has 0 aromatic carbocycles. The van der Waals surface area contributed by atoms with Crippen molar-refractivity contribution < 1.29 is 9.47 Å². The van der Waals surface area contributed by atoms with E-state index in [1.165, 1.54) is 15.8 Å². The van der Waals surface area contributed by atoms with Gasteiger partial charge in [0.1, 0.15) is 16.5 Å². The second kappa shape index (κ2) is 7.53. The molecule has 25 heavy (non-hydrogen) atoms. The molecule has 0 saturated carbocycles. The number of morpholine rings is 1. The molecule has 2 aromatic heterocycles. The number of anilines is 1. The van der Waals surface area contributed by atoms with Crippen molar-refractivity contribution in [2.75, 3.05) is 44.8 Å². The number of aryl methyl sites for hydroxylation is 2. The van der Waals surface area contributed by atoms with Crippen LogP contribution in [0.4, 0.5) is 5.82 Å². The largest absolute Gasteiger partial charge is 0.379 e. The number of ether oxygens (including phenoxy) is 2. The highest BCUT2D eigenvalue weighted by Gasteiger charge is 2.20. The maximum Gasteiger partial charge on any atom is 0.146 e. The van der Waals surface area contributed by atoms with E-state index in [0.717, 1.165) is 75.3 Å². The average molecular weight is 362 g/mol. The van der Waals surface area contributed by atoms with Gasteiger partial charge in [0, 0.05) is 31.1 Å². The molecule has 2 fully saturated rings. The second-order valence-corrected chi connectivity index (χ2v) is 8.06. The van der Waals surface area contributed by atoms with Crippen molar-refractivity contribution in [3.63, 3.8) is 0 Å². The van der Waals surface area contributed by atoms with Gasteiger partial charge in [0.05, 0.1) is 31.2 Å². The number of thiophene rings is 1. The summed E-state index contributed by atoms with van der Waals surface area (Å²) in [6.07, 6.45) is 2.58. The highest BCUT2D eigenvalue weighted by molar-refractivity contribution is 7.18. The van der Waals surface area contributed by atoms with E-state index in [-0.39, 0.29) is 0 Å². The van der Waals surface area contributed by atoms with Crippen LogP contribution in [0.25, 0.3) is 10.2 Å². The van der Waals surface area contributed by atoms with Crippen molar-refractivity contribution >= 4 is 27.4 Å². The summed E-state index contributed by atoms with van der Waals surface area (Å²) in [5.74, 6) is 1.86. The summed E-state index contributed by atoms with van der Waals surface area (Å²) in [5.41, 5.74) is 1.28. The van der Waals surface area contributed by atoms with Gasteiger partial charge in [-0.3, -0.25) is 4.90 Å². The maximum absolute atomic E-state index is 5.75. The van der Waals surface area contributed by atoms with E-state index >= 15 is 0 Å². The molecule has 2 aliphatic heterocycles. The number of hydrogen-bond donors (Lipinski definition) is 1. The first kappa shape index (κ1) is 17.1. The normalized spacial score (nSPS) is 21.9. The Morgan fingerprint density at radius 2 is 2.04 bits per heavy atom. The Bertz CT molecular complexity index is 736. The molecule has 136 valence electrons. The highest BCUT2D eigenvalue weighted by atomic mass is 32.1. The van der Waals surface area contributed by atoms with Crippen LogP contribution in [-0.2, 0) is 16.0 Å². The third kappa shape index (κ3) is 3.79. The Morgan fingerprint density at radius 1 is 1.20 bits per heavy atom. The van der Waals surface area contributed by atoms with Crippen LogP contribution < -0.4 is 5.32 Å². The zero-order valence-corrected chi connectivity index (χ0v) is 15.8. The van der Waals surface area contributed by atoms with Crippen molar-refractivity contribution in [2.45, 2.75) is 39.3 Å². The van der Waals surface area contributed by atoms with Gasteiger partial charge in [-0.15, -0.1) is 11.3 Å². The first-order chi connectivity index (χ1) is 12.2. The van der Waals surface area contributed by atoms with Crippen LogP contribution in [0.15, 0.2) is 0 Å². The van der Waals surface area contributed by atoms with Gasteiger partial charge in [-0.1, -0.05) is 0 Å². The SMILES string of the molecule is Cc1sc2nc(CN3CCOCC3)nc(NCC3CCCO3)c2c1C. The minimum absolute atomic E-state index is 0.299. The molecular formula is C18H26N4O2S. The van der Waals surface area contributed by atoms with Crippen LogP contribution in [0.2, 0.25) is 0 Å². The molecule has 0 radical (unpaired) electrons. The standard InChI is InChI=1S/C18H26N4O2S/c1-12-13(2)25-18-16(12)17(19-10-14-4-3-7-24-14)20-15(21-18)11-22-5-8-23-9-6-22/h14H,3-11H2,1-2H3,(H,19,20,21). The summed E-state index contributed by atoms with van der Waals surface area (Å²) in [6.45, 7) is 10.3. The van der Waals surface area contributed by atoms with Crippen LogP contribution in [-0.4, -0.2) is 60.4 Å². The van der Waals surface area contributed by atoms with Gasteiger partial charge < -0.3 is 14.8 Å². The minimum atomic E-state index is 0.299. The summed E-state index contributed by atoms with van der Waals surface area (Å²) in [7, 11) is 0. The average Bonchev–Trinajstić information content (AvgIpc) is 3.22. The molecular weight excluding hydrogens is 336 g/mol. The van der Waals surface area contributed by atoms with Crippen LogP contribution in [0.5, 0.6) is 0 Å². The van der Waals surface area contributed by atoms with Gasteiger partial charge >= 0.3 is 0 Å². The number of nitrogens with one attached hydrogen (secondary N) is 1. The molecule has 2 aliphatic rings. The molecule has 2 aromatic rings. The van der Waals surface area contributed by atoms with E-state index in [1.54, 1.807) is 11.3 Å². The fraction of sp³-hybridized carbons (Fsp3) is 0.667. The van der Waals surface area contributed by atoms with Crippen molar-refractivity contribution in [3.8, 4) is 0 Å². The third-order valence-corrected chi connectivity index (χ3v) is 6.17. The van der Waals surface area contributed by atoms with Gasteiger partial charge in [-0.05, 0) is 32.3 Å². The van der Waals surface area contributed by atoms with Crippen molar-refractivity contribution in [1.82, 2.24) is 14.9 Å². The zero-order chi connectivity index (χ0) is 17.2. The number of nitrogens with zero attached hydrogens (tertiary/aromatic N) is 3. The fourth-order valence-electron chi connectivity index (χ4n) is 3.47. The van der Waals surface area contributed by atoms with E-state index in [0.29, 0.717) is 6.10 Å². The van der Waals surface area contributed by atoms with E-state index < -0.39 is 0 Å². The van der Waals surface area contributed by atoms with E-state index in [9.17, 15) is 0 Å². The first-order valence-electron chi connectivity index (χ1n) is 9.13. The summed E-state index contributed by atoms with van der Waals surface area (Å²) >= 11 is 1.76. The second-order valence-electron chi connectivity index (χ2n) is 6.86. The molecule has 4 rings (SSSR count). The summed E-state index contributed by atoms with van der Waals surface area (Å²) in [6, 6.07) is 0. The molecule has 0 aliphatic carbocycles. The first-order valence-corrected chi connectivity index (χ1v) is 9.94. The Kier molecular flexibility index (Phi) is 5.17. The van der Waals surface area contributed by atoms with Crippen LogP contribution in [0, 0.1) is 13.8 Å². The van der Waals surface area contributed by atoms with Gasteiger partial charge in [-0.25, -0.2) is 9.97 Å². The third-order valence-electron chi connectivity index (χ3n) is 5.06. The predicted molar refractivity (Wildman–Crippen MR) is 100 cm³/mol. The predicted octanol–water partition coefficient (Wildman–Crippen LogP) is 2.73. The Labute approximate surface area is 152 Å². The van der Waals surface area contributed by atoms with Gasteiger partial charge in [0.15, 0.2) is 0 Å². The lowest BCUT2D eigenvalue weighted by atomic mass is 10.2. The van der Waals surface area contributed by atoms with Crippen LogP contribution >= 0.6 is 11.3 Å². The van der Waals surface area contributed by atoms with E-state index in [4.69, 9.17) is 19.4 Å². The molecule has 2 saturated heterocycles. The van der Waals surface area contributed by atoms with Crippen LogP contribution in [0.3, 0.4) is 0 Å². The molecule has 6 nitrogen and oxygen atoms in total. The summed E-state index contributed by atoms with van der Waals surface area (Å²) < 4.78 is 11.2. The zero-order valence-electron chi connectivity index (χ0n) is 15.0. The molecule has 1 N–H and O–H groups in total. The van der Waals surface area contributed by atoms with Gasteiger partial charge in [0.25, 0.3) is 0 Å². The fourth-order valence-corrected chi connectivity index (χ4v) is 4.52. The topological polar surface area (TPSA) is 59.5 Å². The van der Waals surface area contributed by atoms with Gasteiger partial charge in [0.2, 0.25) is 0 Å². The molecule has 7 heteroatoms. The quantitative estimate of drug-likeness (QED) is 0.883. The van der Waals surface area contributed by atoms with E-state index in [2.05, 4.69) is 24.1 Å². The smallest absolute Gasteiger partial charge is 0.146 e. The van der Waals surface area contributed by atoms with Crippen molar-refractivity contribution in [3.05, 3.63) is 16.3 Å². The molecule has 0 amide bonds. The Morgan fingerprint density at radius 3 is 2.80 bits per heavy atom. The van der Waals surface area contributed by atoms with Crippen molar-refractivity contribution in [2.24, 2.45) is 0 Å². The number of hydrogen-bond acceptors (Lipinski definition) is 7. The monoisotopic (exact) mass is 362 g/mol. The number of rotatable bonds is 5. The lowest BCUT2D eigenvalue weighted by Crippen LogP contribution is -2.36. The number of aromatic nitrogens is 2. The lowest BCUT2D eigenvalue weighted by Gasteiger charge is -2.26. The summed E-state index contributed by atoms with van der Waals surface area (Å²) in [5, 5.41) is 4.72. The molecule has 0 spiro atoms. The van der Waals surface area contributed by atoms with Crippen LogP contribution in [0.1, 0.15) is 29.1 Å². The Balaban J connectivity index is 1.60. The lowest BCUT2D eigenvalue weighted by molar-refractivity contribution is 0.0331.